The highest BCUT2D eigenvalue weighted by atomic mass is 32.2. The Morgan fingerprint density at radius 3 is 2.17 bits per heavy atom. The molecule has 0 radical (unpaired) electrons. The predicted octanol–water partition coefficient (Wildman–Crippen LogP) is 3.39. The maximum atomic E-state index is 12.7. The zero-order chi connectivity index (χ0) is 17.0. The molecule has 1 N–H and O–H groups in total. The van der Waals surface area contributed by atoms with Gasteiger partial charge >= 0.3 is 0 Å². The molecule has 2 aromatic rings. The van der Waals surface area contributed by atoms with Crippen LogP contribution in [0.15, 0.2) is 47.4 Å². The van der Waals surface area contributed by atoms with Crippen molar-refractivity contribution in [3.05, 3.63) is 59.2 Å². The summed E-state index contributed by atoms with van der Waals surface area (Å²) in [7, 11) is -1.98. The van der Waals surface area contributed by atoms with Crippen LogP contribution < -0.4 is 9.46 Å². The van der Waals surface area contributed by atoms with E-state index in [9.17, 15) is 8.42 Å². The zero-order valence-electron chi connectivity index (χ0n) is 14.0. The van der Waals surface area contributed by atoms with E-state index in [1.807, 2.05) is 37.3 Å². The third kappa shape index (κ3) is 4.12. The Labute approximate surface area is 138 Å². The molecule has 4 nitrogen and oxygen atoms in total. The number of methoxy groups -OCH3 is 1. The van der Waals surface area contributed by atoms with Gasteiger partial charge in [-0.25, -0.2) is 13.1 Å². The number of benzene rings is 2. The van der Waals surface area contributed by atoms with Crippen LogP contribution in [0.3, 0.4) is 0 Å². The van der Waals surface area contributed by atoms with E-state index >= 15 is 0 Å². The number of hydrogen-bond donors (Lipinski definition) is 1. The summed E-state index contributed by atoms with van der Waals surface area (Å²) >= 11 is 0. The Bertz CT molecular complexity index is 747. The van der Waals surface area contributed by atoms with Crippen molar-refractivity contribution < 1.29 is 13.2 Å². The fourth-order valence-electron chi connectivity index (χ4n) is 2.66. The van der Waals surface area contributed by atoms with Crippen molar-refractivity contribution in [1.29, 1.82) is 0 Å². The van der Waals surface area contributed by atoms with Crippen molar-refractivity contribution in [3.63, 3.8) is 0 Å². The van der Waals surface area contributed by atoms with E-state index < -0.39 is 10.0 Å². The maximum Gasteiger partial charge on any atom is 0.241 e. The molecular formula is C18H23NO3S. The minimum Gasteiger partial charge on any atom is -0.497 e. The first-order valence-corrected chi connectivity index (χ1v) is 9.03. The molecule has 0 saturated heterocycles. The molecule has 0 aliphatic carbocycles. The van der Waals surface area contributed by atoms with Gasteiger partial charge < -0.3 is 4.74 Å². The van der Waals surface area contributed by atoms with Crippen LogP contribution in [0, 0.1) is 13.8 Å². The Morgan fingerprint density at radius 1 is 1.09 bits per heavy atom. The molecule has 23 heavy (non-hydrogen) atoms. The highest BCUT2D eigenvalue weighted by molar-refractivity contribution is 7.89. The van der Waals surface area contributed by atoms with Gasteiger partial charge in [0, 0.05) is 6.54 Å². The van der Waals surface area contributed by atoms with Crippen molar-refractivity contribution in [2.24, 2.45) is 0 Å². The molecule has 0 aliphatic rings. The average Bonchev–Trinajstić information content (AvgIpc) is 2.52. The van der Waals surface area contributed by atoms with E-state index in [4.69, 9.17) is 4.74 Å². The van der Waals surface area contributed by atoms with E-state index in [1.165, 1.54) is 0 Å². The molecule has 2 rings (SSSR count). The summed E-state index contributed by atoms with van der Waals surface area (Å²) in [6.45, 7) is 5.93. The SMILES string of the molecule is COc1cc(C)c(S(=O)(=O)NC[C@@H](C)c2ccccc2)c(C)c1. The number of rotatable bonds is 6. The highest BCUT2D eigenvalue weighted by Crippen LogP contribution is 2.26. The van der Waals surface area contributed by atoms with Gasteiger partial charge in [0.15, 0.2) is 0 Å². The van der Waals surface area contributed by atoms with Crippen LogP contribution in [0.4, 0.5) is 0 Å². The van der Waals surface area contributed by atoms with E-state index in [1.54, 1.807) is 33.1 Å². The zero-order valence-corrected chi connectivity index (χ0v) is 14.8. The second-order valence-corrected chi connectivity index (χ2v) is 7.46. The molecule has 0 saturated carbocycles. The minimum absolute atomic E-state index is 0.102. The van der Waals surface area contributed by atoms with Crippen LogP contribution >= 0.6 is 0 Å². The molecule has 0 aromatic heterocycles. The molecule has 0 amide bonds. The van der Waals surface area contributed by atoms with Crippen LogP contribution in [-0.2, 0) is 10.0 Å². The van der Waals surface area contributed by atoms with Crippen LogP contribution in [0.5, 0.6) is 5.75 Å². The second kappa shape index (κ2) is 7.15. The van der Waals surface area contributed by atoms with E-state index in [2.05, 4.69) is 4.72 Å². The van der Waals surface area contributed by atoms with Gasteiger partial charge in [-0.3, -0.25) is 0 Å². The van der Waals surface area contributed by atoms with Crippen LogP contribution in [0.25, 0.3) is 0 Å². The molecule has 0 bridgehead atoms. The van der Waals surface area contributed by atoms with Gasteiger partial charge in [-0.1, -0.05) is 37.3 Å². The van der Waals surface area contributed by atoms with Gasteiger partial charge in [-0.05, 0) is 48.6 Å². The summed E-state index contributed by atoms with van der Waals surface area (Å²) in [5.74, 6) is 0.765. The predicted molar refractivity (Wildman–Crippen MR) is 92.5 cm³/mol. The molecule has 0 heterocycles. The van der Waals surface area contributed by atoms with Crippen molar-refractivity contribution >= 4 is 10.0 Å². The monoisotopic (exact) mass is 333 g/mol. The number of ether oxygens (including phenoxy) is 1. The largest absolute Gasteiger partial charge is 0.497 e. The Kier molecular flexibility index (Phi) is 5.44. The normalized spacial score (nSPS) is 12.9. The second-order valence-electron chi connectivity index (χ2n) is 5.75. The molecule has 0 aliphatic heterocycles. The van der Waals surface area contributed by atoms with Gasteiger partial charge in [-0.2, -0.15) is 0 Å². The lowest BCUT2D eigenvalue weighted by atomic mass is 10.0. The standard InChI is InChI=1S/C18H23NO3S/c1-13-10-17(22-4)11-14(2)18(13)23(20,21)19-12-15(3)16-8-6-5-7-9-16/h5-11,15,19H,12H2,1-4H3/t15-/m1/s1. The smallest absolute Gasteiger partial charge is 0.241 e. The Hall–Kier alpha value is -1.85. The first kappa shape index (κ1) is 17.5. The van der Waals surface area contributed by atoms with E-state index in [0.29, 0.717) is 28.3 Å². The van der Waals surface area contributed by atoms with E-state index in [-0.39, 0.29) is 5.92 Å². The quantitative estimate of drug-likeness (QED) is 0.881. The van der Waals surface area contributed by atoms with Crippen molar-refractivity contribution in [2.45, 2.75) is 31.6 Å². The van der Waals surface area contributed by atoms with Gasteiger partial charge in [-0.15, -0.1) is 0 Å². The first-order valence-electron chi connectivity index (χ1n) is 7.55. The number of hydrogen-bond acceptors (Lipinski definition) is 3. The van der Waals surface area contributed by atoms with Gasteiger partial charge in [0.05, 0.1) is 12.0 Å². The molecule has 124 valence electrons. The van der Waals surface area contributed by atoms with Gasteiger partial charge in [0.1, 0.15) is 5.75 Å². The summed E-state index contributed by atoms with van der Waals surface area (Å²) in [5.41, 5.74) is 2.47. The van der Waals surface area contributed by atoms with Gasteiger partial charge in [0.25, 0.3) is 0 Å². The van der Waals surface area contributed by atoms with E-state index in [0.717, 1.165) is 5.56 Å². The Morgan fingerprint density at radius 2 is 1.65 bits per heavy atom. The molecule has 0 spiro atoms. The third-order valence-corrected chi connectivity index (χ3v) is 5.61. The number of nitrogens with one attached hydrogen (secondary N) is 1. The molecular weight excluding hydrogens is 310 g/mol. The lowest BCUT2D eigenvalue weighted by molar-refractivity contribution is 0.413. The van der Waals surface area contributed by atoms with Crippen molar-refractivity contribution in [3.8, 4) is 5.75 Å². The molecule has 0 fully saturated rings. The fourth-order valence-corrected chi connectivity index (χ4v) is 4.24. The lowest BCUT2D eigenvalue weighted by Gasteiger charge is -2.16. The van der Waals surface area contributed by atoms with Gasteiger partial charge in [0.2, 0.25) is 10.0 Å². The number of sulfonamides is 1. The topological polar surface area (TPSA) is 55.4 Å². The minimum atomic E-state index is -3.56. The van der Waals surface area contributed by atoms with Crippen LogP contribution in [0.2, 0.25) is 0 Å². The summed E-state index contributed by atoms with van der Waals surface area (Å²) in [6, 6.07) is 13.3. The average molecular weight is 333 g/mol. The summed E-state index contributed by atoms with van der Waals surface area (Å²) in [4.78, 5) is 0.332. The number of aryl methyl sites for hydroxylation is 2. The maximum absolute atomic E-state index is 12.7. The molecule has 0 unspecified atom stereocenters. The molecule has 2 aromatic carbocycles. The van der Waals surface area contributed by atoms with Crippen molar-refractivity contribution in [2.75, 3.05) is 13.7 Å². The molecule has 1 atom stereocenters. The third-order valence-electron chi connectivity index (χ3n) is 3.89. The summed E-state index contributed by atoms with van der Waals surface area (Å²) < 4.78 is 33.2. The highest BCUT2D eigenvalue weighted by Gasteiger charge is 2.21. The van der Waals surface area contributed by atoms with Crippen LogP contribution in [-0.4, -0.2) is 22.1 Å². The first-order chi connectivity index (χ1) is 10.8. The summed E-state index contributed by atoms with van der Waals surface area (Å²) in [6.07, 6.45) is 0. The molecule has 5 heteroatoms. The fraction of sp³-hybridized carbons (Fsp3) is 0.333. The summed E-state index contributed by atoms with van der Waals surface area (Å²) in [5, 5.41) is 0. The Balaban J connectivity index is 2.20. The van der Waals surface area contributed by atoms with Crippen LogP contribution in [0.1, 0.15) is 29.5 Å². The lowest BCUT2D eigenvalue weighted by Crippen LogP contribution is -2.29. The van der Waals surface area contributed by atoms with Crippen molar-refractivity contribution in [1.82, 2.24) is 4.72 Å².